The number of hydrogen-bond donors (Lipinski definition) is 1. The smallest absolute Gasteiger partial charge is 0.172 e. The predicted octanol–water partition coefficient (Wildman–Crippen LogP) is 6.48. The van der Waals surface area contributed by atoms with E-state index < -0.39 is 0 Å². The SMILES string of the molecule is CCCCCCCCC(CCCC)COCC(C[N+]1=Cc2ccccc2CC1)OS. The molecule has 2 rings (SSSR count). The van der Waals surface area contributed by atoms with Gasteiger partial charge in [-0.25, -0.2) is 4.58 Å². The van der Waals surface area contributed by atoms with Crippen LogP contribution in [-0.2, 0) is 15.3 Å². The normalized spacial score (nSPS) is 15.5. The predicted molar refractivity (Wildman–Crippen MR) is 131 cm³/mol. The second-order valence-electron chi connectivity index (χ2n) is 8.90. The van der Waals surface area contributed by atoms with Crippen LogP contribution in [0.2, 0.25) is 0 Å². The summed E-state index contributed by atoms with van der Waals surface area (Å²) >= 11 is 4.13. The first-order valence-corrected chi connectivity index (χ1v) is 12.7. The second kappa shape index (κ2) is 15.9. The van der Waals surface area contributed by atoms with Crippen LogP contribution in [0.3, 0.4) is 0 Å². The van der Waals surface area contributed by atoms with Crippen molar-refractivity contribution in [2.75, 3.05) is 26.3 Å². The Morgan fingerprint density at radius 3 is 2.47 bits per heavy atom. The molecular weight excluding hydrogens is 390 g/mol. The first-order chi connectivity index (χ1) is 14.8. The van der Waals surface area contributed by atoms with Crippen LogP contribution >= 0.6 is 12.9 Å². The molecule has 2 atom stereocenters. The molecule has 4 heteroatoms. The Bertz CT molecular complexity index is 604. The summed E-state index contributed by atoms with van der Waals surface area (Å²) < 4.78 is 13.9. The van der Waals surface area contributed by atoms with Gasteiger partial charge in [0.05, 0.1) is 6.61 Å². The number of rotatable bonds is 17. The maximum Gasteiger partial charge on any atom is 0.172 e. The molecule has 1 heterocycles. The van der Waals surface area contributed by atoms with Crippen LogP contribution in [0.15, 0.2) is 24.3 Å². The van der Waals surface area contributed by atoms with Gasteiger partial charge in [0.2, 0.25) is 0 Å². The van der Waals surface area contributed by atoms with Crippen molar-refractivity contribution < 1.29 is 13.5 Å². The Labute approximate surface area is 190 Å². The molecule has 0 radical (unpaired) electrons. The summed E-state index contributed by atoms with van der Waals surface area (Å²) in [6.45, 7) is 7.89. The van der Waals surface area contributed by atoms with E-state index >= 15 is 0 Å². The molecule has 1 aromatic carbocycles. The highest BCUT2D eigenvalue weighted by atomic mass is 32.1. The van der Waals surface area contributed by atoms with E-state index in [9.17, 15) is 0 Å². The van der Waals surface area contributed by atoms with Gasteiger partial charge in [-0.3, -0.25) is 0 Å². The van der Waals surface area contributed by atoms with Crippen LogP contribution < -0.4 is 0 Å². The maximum absolute atomic E-state index is 6.14. The number of ether oxygens (including phenoxy) is 1. The van der Waals surface area contributed by atoms with E-state index in [0.29, 0.717) is 12.5 Å². The molecule has 0 N–H and O–H groups in total. The van der Waals surface area contributed by atoms with Gasteiger partial charge >= 0.3 is 0 Å². The molecular formula is C26H44NO2S+. The van der Waals surface area contributed by atoms with E-state index in [4.69, 9.17) is 8.92 Å². The lowest BCUT2D eigenvalue weighted by Crippen LogP contribution is -2.33. The van der Waals surface area contributed by atoms with Gasteiger partial charge in [0.15, 0.2) is 18.9 Å². The number of fused-ring (bicyclic) bond motifs is 1. The van der Waals surface area contributed by atoms with Crippen LogP contribution in [0.1, 0.15) is 89.2 Å². The van der Waals surface area contributed by atoms with Gasteiger partial charge in [0, 0.05) is 18.6 Å². The number of hydrogen-bond acceptors (Lipinski definition) is 3. The highest BCUT2D eigenvalue weighted by molar-refractivity contribution is 7.75. The zero-order valence-electron chi connectivity index (χ0n) is 19.4. The highest BCUT2D eigenvalue weighted by Crippen LogP contribution is 2.19. The lowest BCUT2D eigenvalue weighted by atomic mass is 9.96. The summed E-state index contributed by atoms with van der Waals surface area (Å²) in [5.74, 6) is 0.685. The van der Waals surface area contributed by atoms with E-state index in [-0.39, 0.29) is 6.10 Å². The van der Waals surface area contributed by atoms with Gasteiger partial charge < -0.3 is 8.92 Å². The highest BCUT2D eigenvalue weighted by Gasteiger charge is 2.21. The maximum atomic E-state index is 6.14. The molecule has 0 fully saturated rings. The third-order valence-electron chi connectivity index (χ3n) is 6.22. The van der Waals surface area contributed by atoms with Gasteiger partial charge in [-0.1, -0.05) is 83.4 Å². The lowest BCUT2D eigenvalue weighted by molar-refractivity contribution is -0.532. The summed E-state index contributed by atoms with van der Waals surface area (Å²) in [5, 5.41) is 0. The first kappa shape index (κ1) is 25.4. The zero-order valence-corrected chi connectivity index (χ0v) is 20.3. The van der Waals surface area contributed by atoms with Crippen molar-refractivity contribution >= 4 is 19.1 Å². The van der Waals surface area contributed by atoms with E-state index in [1.807, 2.05) is 0 Å². The standard InChI is InChI=1S/C26H43NO2S/c1-3-5-7-8-9-10-14-23(13-6-4-2)21-28-22-26(29-30)20-27-18-17-24-15-11-12-16-25(24)19-27/h11-12,15-16,19,23,26H,3-10,13-14,17-18,20-22H2,1-2H3/p+1. The molecule has 0 spiro atoms. The van der Waals surface area contributed by atoms with E-state index in [2.05, 4.69) is 61.8 Å². The fourth-order valence-electron chi connectivity index (χ4n) is 4.32. The van der Waals surface area contributed by atoms with Gasteiger partial charge in [-0.15, -0.1) is 0 Å². The van der Waals surface area contributed by atoms with Crippen molar-refractivity contribution in [3.05, 3.63) is 35.4 Å². The molecule has 0 aromatic heterocycles. The van der Waals surface area contributed by atoms with Gasteiger partial charge in [-0.2, -0.15) is 0 Å². The Morgan fingerprint density at radius 1 is 0.933 bits per heavy atom. The average Bonchev–Trinajstić information content (AvgIpc) is 2.78. The Morgan fingerprint density at radius 2 is 1.67 bits per heavy atom. The van der Waals surface area contributed by atoms with Crippen LogP contribution in [0.5, 0.6) is 0 Å². The van der Waals surface area contributed by atoms with Crippen molar-refractivity contribution in [2.45, 2.75) is 90.6 Å². The molecule has 1 aromatic rings. The van der Waals surface area contributed by atoms with Crippen molar-refractivity contribution in [1.29, 1.82) is 0 Å². The zero-order chi connectivity index (χ0) is 21.4. The summed E-state index contributed by atoms with van der Waals surface area (Å²) in [5.41, 5.74) is 2.75. The fourth-order valence-corrected chi connectivity index (χ4v) is 4.45. The van der Waals surface area contributed by atoms with Crippen molar-refractivity contribution in [1.82, 2.24) is 0 Å². The number of unbranched alkanes of at least 4 members (excludes halogenated alkanes) is 6. The molecule has 0 aliphatic carbocycles. The minimum atomic E-state index is -0.00397. The molecule has 0 amide bonds. The minimum absolute atomic E-state index is 0.00397. The van der Waals surface area contributed by atoms with Crippen molar-refractivity contribution in [2.24, 2.45) is 5.92 Å². The molecule has 3 nitrogen and oxygen atoms in total. The monoisotopic (exact) mass is 434 g/mol. The third kappa shape index (κ3) is 9.98. The first-order valence-electron chi connectivity index (χ1n) is 12.3. The topological polar surface area (TPSA) is 21.5 Å². The second-order valence-corrected chi connectivity index (χ2v) is 9.11. The third-order valence-corrected chi connectivity index (χ3v) is 6.52. The van der Waals surface area contributed by atoms with E-state index in [1.165, 1.54) is 75.3 Å². The van der Waals surface area contributed by atoms with Crippen LogP contribution in [-0.4, -0.2) is 43.2 Å². The average molecular weight is 435 g/mol. The van der Waals surface area contributed by atoms with Crippen molar-refractivity contribution in [3.8, 4) is 0 Å². The number of thiol groups is 1. The Hall–Kier alpha value is -0.840. The van der Waals surface area contributed by atoms with Crippen LogP contribution in [0.25, 0.3) is 0 Å². The van der Waals surface area contributed by atoms with E-state index in [1.54, 1.807) is 0 Å². The Kier molecular flexibility index (Phi) is 13.5. The summed E-state index contributed by atoms with van der Waals surface area (Å²) in [6.07, 6.45) is 16.7. The van der Waals surface area contributed by atoms with Crippen LogP contribution in [0.4, 0.5) is 0 Å². The summed E-state index contributed by atoms with van der Waals surface area (Å²) in [4.78, 5) is 0. The molecule has 0 saturated carbocycles. The largest absolute Gasteiger partial charge is 0.378 e. The number of nitrogens with zero attached hydrogens (tertiary/aromatic N) is 1. The van der Waals surface area contributed by atoms with E-state index in [0.717, 1.165) is 26.1 Å². The fraction of sp³-hybridized carbons (Fsp3) is 0.731. The quantitative estimate of drug-likeness (QED) is 0.131. The molecule has 170 valence electrons. The lowest BCUT2D eigenvalue weighted by Gasteiger charge is -2.20. The van der Waals surface area contributed by atoms with Crippen molar-refractivity contribution in [3.63, 3.8) is 0 Å². The molecule has 1 aliphatic heterocycles. The molecule has 0 bridgehead atoms. The van der Waals surface area contributed by atoms with Crippen LogP contribution in [0, 0.1) is 5.92 Å². The Balaban J connectivity index is 1.71. The van der Waals surface area contributed by atoms with Gasteiger partial charge in [0.25, 0.3) is 0 Å². The molecule has 0 saturated heterocycles. The minimum Gasteiger partial charge on any atom is -0.378 e. The summed E-state index contributed by atoms with van der Waals surface area (Å²) in [6, 6.07) is 8.64. The molecule has 2 unspecified atom stereocenters. The molecule has 1 aliphatic rings. The van der Waals surface area contributed by atoms with Gasteiger partial charge in [-0.05, 0) is 43.3 Å². The van der Waals surface area contributed by atoms with Gasteiger partial charge in [0.1, 0.15) is 6.54 Å². The summed E-state index contributed by atoms with van der Waals surface area (Å²) in [7, 11) is 0. The number of benzene rings is 1. The molecule has 30 heavy (non-hydrogen) atoms.